The Hall–Kier alpha value is -2.33. The molecule has 3 rings (SSSR count). The molecule has 0 radical (unpaired) electrons. The number of carbonyl (C=O) groups is 2. The van der Waals surface area contributed by atoms with Crippen LogP contribution in [0.25, 0.3) is 0 Å². The second kappa shape index (κ2) is 10.8. The molecule has 4 nitrogen and oxygen atoms in total. The van der Waals surface area contributed by atoms with Gasteiger partial charge in [0.25, 0.3) is 0 Å². The minimum absolute atomic E-state index is 0.0514. The summed E-state index contributed by atoms with van der Waals surface area (Å²) in [5.74, 6) is -0.126. The van der Waals surface area contributed by atoms with Gasteiger partial charge in [0, 0.05) is 17.6 Å². The van der Waals surface area contributed by atoms with Crippen molar-refractivity contribution in [3.05, 3.63) is 69.7 Å². The molecule has 0 spiro atoms. The number of carbonyl (C=O) groups excluding carboxylic acids is 2. The molecule has 0 unspecified atom stereocenters. The summed E-state index contributed by atoms with van der Waals surface area (Å²) in [7, 11) is 0. The number of halogens is 1. The molecule has 1 aliphatic carbocycles. The molecule has 2 aromatic carbocycles. The summed E-state index contributed by atoms with van der Waals surface area (Å²) in [5, 5.41) is 3.83. The van der Waals surface area contributed by atoms with E-state index in [1.54, 1.807) is 4.90 Å². The number of hydrogen-bond donors (Lipinski definition) is 1. The molecular formula is C26H33ClN2O2. The molecule has 166 valence electrons. The van der Waals surface area contributed by atoms with Crippen LogP contribution in [-0.4, -0.2) is 28.8 Å². The second-order valence-corrected chi connectivity index (χ2v) is 9.20. The van der Waals surface area contributed by atoms with E-state index < -0.39 is 6.04 Å². The SMILES string of the molecule is Cc1ccc(CC(=O)N(Cc2ccc(Cl)cc2)[C@@H](C)C(=O)NC2CCCCC2)cc1C. The van der Waals surface area contributed by atoms with Gasteiger partial charge in [-0.25, -0.2) is 0 Å². The first kappa shape index (κ1) is 23.3. The average Bonchev–Trinajstić information content (AvgIpc) is 2.76. The van der Waals surface area contributed by atoms with Gasteiger partial charge in [-0.3, -0.25) is 9.59 Å². The number of rotatable bonds is 7. The third kappa shape index (κ3) is 6.57. The van der Waals surface area contributed by atoms with Gasteiger partial charge in [0.05, 0.1) is 6.42 Å². The molecular weight excluding hydrogens is 408 g/mol. The van der Waals surface area contributed by atoms with Crippen LogP contribution in [0.15, 0.2) is 42.5 Å². The van der Waals surface area contributed by atoms with Crippen LogP contribution >= 0.6 is 11.6 Å². The molecule has 2 aromatic rings. The fourth-order valence-electron chi connectivity index (χ4n) is 4.13. The van der Waals surface area contributed by atoms with Crippen LogP contribution in [0.2, 0.25) is 5.02 Å². The van der Waals surface area contributed by atoms with E-state index in [9.17, 15) is 9.59 Å². The Balaban J connectivity index is 1.76. The van der Waals surface area contributed by atoms with Crippen LogP contribution < -0.4 is 5.32 Å². The van der Waals surface area contributed by atoms with Crippen LogP contribution in [0, 0.1) is 13.8 Å². The van der Waals surface area contributed by atoms with Crippen LogP contribution in [-0.2, 0) is 22.6 Å². The van der Waals surface area contributed by atoms with E-state index in [1.807, 2.05) is 43.3 Å². The second-order valence-electron chi connectivity index (χ2n) is 8.76. The summed E-state index contributed by atoms with van der Waals surface area (Å²) in [6, 6.07) is 13.2. The van der Waals surface area contributed by atoms with Crippen molar-refractivity contribution in [3.8, 4) is 0 Å². The largest absolute Gasteiger partial charge is 0.352 e. The van der Waals surface area contributed by atoms with E-state index in [-0.39, 0.29) is 24.3 Å². The highest BCUT2D eigenvalue weighted by Crippen LogP contribution is 2.19. The van der Waals surface area contributed by atoms with E-state index in [4.69, 9.17) is 11.6 Å². The Labute approximate surface area is 191 Å². The van der Waals surface area contributed by atoms with Gasteiger partial charge < -0.3 is 10.2 Å². The van der Waals surface area contributed by atoms with Crippen molar-refractivity contribution in [2.45, 2.75) is 77.9 Å². The lowest BCUT2D eigenvalue weighted by molar-refractivity contribution is -0.140. The van der Waals surface area contributed by atoms with Gasteiger partial charge >= 0.3 is 0 Å². The van der Waals surface area contributed by atoms with Crippen molar-refractivity contribution in [3.63, 3.8) is 0 Å². The molecule has 1 N–H and O–H groups in total. The molecule has 1 aliphatic rings. The average molecular weight is 441 g/mol. The van der Waals surface area contributed by atoms with Gasteiger partial charge in [-0.15, -0.1) is 0 Å². The van der Waals surface area contributed by atoms with Gasteiger partial charge in [-0.1, -0.05) is 61.2 Å². The van der Waals surface area contributed by atoms with Crippen LogP contribution in [0.5, 0.6) is 0 Å². The molecule has 0 heterocycles. The molecule has 5 heteroatoms. The Morgan fingerprint density at radius 1 is 1.00 bits per heavy atom. The lowest BCUT2D eigenvalue weighted by Crippen LogP contribution is -2.50. The summed E-state index contributed by atoms with van der Waals surface area (Å²) in [6.45, 7) is 6.31. The molecule has 1 saturated carbocycles. The lowest BCUT2D eigenvalue weighted by Gasteiger charge is -2.31. The Kier molecular flexibility index (Phi) is 8.14. The Morgan fingerprint density at radius 3 is 2.29 bits per heavy atom. The monoisotopic (exact) mass is 440 g/mol. The first-order valence-corrected chi connectivity index (χ1v) is 11.6. The third-order valence-corrected chi connectivity index (χ3v) is 6.56. The fraction of sp³-hybridized carbons (Fsp3) is 0.462. The smallest absolute Gasteiger partial charge is 0.242 e. The number of hydrogen-bond acceptors (Lipinski definition) is 2. The molecule has 1 fully saturated rings. The maximum absolute atomic E-state index is 13.3. The molecule has 0 saturated heterocycles. The van der Waals surface area contributed by atoms with Crippen molar-refractivity contribution < 1.29 is 9.59 Å². The number of amides is 2. The maximum Gasteiger partial charge on any atom is 0.242 e. The van der Waals surface area contributed by atoms with Crippen LogP contribution in [0.4, 0.5) is 0 Å². The molecule has 0 bridgehead atoms. The van der Waals surface area contributed by atoms with Crippen LogP contribution in [0.3, 0.4) is 0 Å². The summed E-state index contributed by atoms with van der Waals surface area (Å²) in [6.07, 6.45) is 5.85. The lowest BCUT2D eigenvalue weighted by atomic mass is 9.95. The molecule has 0 aromatic heterocycles. The highest BCUT2D eigenvalue weighted by molar-refractivity contribution is 6.30. The first-order valence-electron chi connectivity index (χ1n) is 11.2. The van der Waals surface area contributed by atoms with Crippen molar-refractivity contribution in [2.75, 3.05) is 0 Å². The zero-order chi connectivity index (χ0) is 22.4. The van der Waals surface area contributed by atoms with Crippen molar-refractivity contribution >= 4 is 23.4 Å². The zero-order valence-electron chi connectivity index (χ0n) is 18.8. The van der Waals surface area contributed by atoms with Crippen LogP contribution in [0.1, 0.15) is 61.3 Å². The fourth-order valence-corrected chi connectivity index (χ4v) is 4.25. The van der Waals surface area contributed by atoms with Crippen molar-refractivity contribution in [1.29, 1.82) is 0 Å². The summed E-state index contributed by atoms with van der Waals surface area (Å²) < 4.78 is 0. The van der Waals surface area contributed by atoms with E-state index in [0.29, 0.717) is 11.6 Å². The standard InChI is InChI=1S/C26H33ClN2O2/c1-18-9-10-22(15-19(18)2)16-25(30)29(17-21-11-13-23(27)14-12-21)20(3)26(31)28-24-7-5-4-6-8-24/h9-15,20,24H,4-8,16-17H2,1-3H3,(H,28,31)/t20-/m0/s1. The highest BCUT2D eigenvalue weighted by Gasteiger charge is 2.28. The van der Waals surface area contributed by atoms with Gasteiger partial charge in [-0.2, -0.15) is 0 Å². The highest BCUT2D eigenvalue weighted by atomic mass is 35.5. The number of nitrogens with zero attached hydrogens (tertiary/aromatic N) is 1. The Morgan fingerprint density at radius 2 is 1.65 bits per heavy atom. The van der Waals surface area contributed by atoms with E-state index in [2.05, 4.69) is 25.2 Å². The maximum atomic E-state index is 13.3. The number of nitrogens with one attached hydrogen (secondary N) is 1. The molecule has 0 aliphatic heterocycles. The molecule has 1 atom stereocenters. The van der Waals surface area contributed by atoms with E-state index in [1.165, 1.54) is 12.0 Å². The molecule has 31 heavy (non-hydrogen) atoms. The van der Waals surface area contributed by atoms with E-state index >= 15 is 0 Å². The normalized spacial score (nSPS) is 15.4. The zero-order valence-corrected chi connectivity index (χ0v) is 19.5. The van der Waals surface area contributed by atoms with E-state index in [0.717, 1.165) is 42.4 Å². The van der Waals surface area contributed by atoms with Crippen molar-refractivity contribution in [2.24, 2.45) is 0 Å². The number of benzene rings is 2. The first-order chi connectivity index (χ1) is 14.8. The predicted molar refractivity (Wildman–Crippen MR) is 126 cm³/mol. The number of aryl methyl sites for hydroxylation is 2. The van der Waals surface area contributed by atoms with Crippen molar-refractivity contribution in [1.82, 2.24) is 10.2 Å². The van der Waals surface area contributed by atoms with Gasteiger partial charge in [0.2, 0.25) is 11.8 Å². The van der Waals surface area contributed by atoms with Gasteiger partial charge in [-0.05, 0) is 68.0 Å². The van der Waals surface area contributed by atoms with Gasteiger partial charge in [0.1, 0.15) is 6.04 Å². The summed E-state index contributed by atoms with van der Waals surface area (Å²) in [5.41, 5.74) is 4.29. The van der Waals surface area contributed by atoms with Gasteiger partial charge in [0.15, 0.2) is 0 Å². The third-order valence-electron chi connectivity index (χ3n) is 6.31. The topological polar surface area (TPSA) is 49.4 Å². The minimum Gasteiger partial charge on any atom is -0.352 e. The predicted octanol–water partition coefficient (Wildman–Crippen LogP) is 5.37. The summed E-state index contributed by atoms with van der Waals surface area (Å²) >= 11 is 6.02. The minimum atomic E-state index is -0.545. The summed E-state index contributed by atoms with van der Waals surface area (Å²) in [4.78, 5) is 28.1. The quantitative estimate of drug-likeness (QED) is 0.629. The Bertz CT molecular complexity index is 904. The molecule has 2 amide bonds.